The summed E-state index contributed by atoms with van der Waals surface area (Å²) in [5.41, 5.74) is 1.58. The molecule has 0 spiro atoms. The average molecular weight is 482 g/mol. The van der Waals surface area contributed by atoms with Crippen LogP contribution in [0.25, 0.3) is 0 Å². The molecule has 1 amide bonds. The summed E-state index contributed by atoms with van der Waals surface area (Å²) in [4.78, 5) is 31.7. The molecule has 1 saturated heterocycles. The molecule has 186 valence electrons. The van der Waals surface area contributed by atoms with Crippen molar-refractivity contribution >= 4 is 17.4 Å². The van der Waals surface area contributed by atoms with Gasteiger partial charge >= 0.3 is 0 Å². The minimum Gasteiger partial charge on any atom is -0.326 e. The van der Waals surface area contributed by atoms with E-state index in [0.29, 0.717) is 29.5 Å². The Labute approximate surface area is 205 Å². The smallest absolute Gasteiger partial charge is 0.270 e. The SMILES string of the molecule is CC(F)(F)c1cccc(NC(=O)CCC(=O)C2[C@H]3CN(C4CCC(c5ccncc5)CC4)C[C@@H]23)c1. The van der Waals surface area contributed by atoms with Crippen LogP contribution in [0.4, 0.5) is 14.5 Å². The van der Waals surface area contributed by atoms with Crippen molar-refractivity contribution in [3.05, 3.63) is 59.9 Å². The van der Waals surface area contributed by atoms with Crippen molar-refractivity contribution in [3.8, 4) is 0 Å². The monoisotopic (exact) mass is 481 g/mol. The molecule has 2 saturated carbocycles. The van der Waals surface area contributed by atoms with E-state index < -0.39 is 5.92 Å². The molecule has 2 aromatic rings. The normalized spacial score (nSPS) is 28.4. The molecule has 3 fully saturated rings. The predicted molar refractivity (Wildman–Crippen MR) is 130 cm³/mol. The number of alkyl halides is 2. The third kappa shape index (κ3) is 5.45. The molecule has 1 N–H and O–H groups in total. The number of piperidine rings is 1. The number of aromatic nitrogens is 1. The van der Waals surface area contributed by atoms with Gasteiger partial charge in [0.05, 0.1) is 0 Å². The number of Topliss-reactive ketones (excluding diaryl/α,β-unsaturated/α-hetero) is 1. The first-order valence-electron chi connectivity index (χ1n) is 12.7. The average Bonchev–Trinajstić information content (AvgIpc) is 3.36. The molecule has 1 aromatic carbocycles. The molecule has 1 unspecified atom stereocenters. The number of carbonyl (C=O) groups is 2. The zero-order chi connectivity index (χ0) is 24.6. The largest absolute Gasteiger partial charge is 0.326 e. The fraction of sp³-hybridized carbons (Fsp3) is 0.536. The molecule has 1 aromatic heterocycles. The molecule has 2 heterocycles. The van der Waals surface area contributed by atoms with Crippen molar-refractivity contribution in [2.24, 2.45) is 17.8 Å². The number of carbonyl (C=O) groups excluding carboxylic acids is 2. The molecule has 7 heteroatoms. The lowest BCUT2D eigenvalue weighted by Gasteiger charge is -2.36. The Bertz CT molecular complexity index is 1050. The van der Waals surface area contributed by atoms with Crippen LogP contribution < -0.4 is 5.32 Å². The summed E-state index contributed by atoms with van der Waals surface area (Å²) in [7, 11) is 0. The van der Waals surface area contributed by atoms with Crippen LogP contribution in [0.2, 0.25) is 0 Å². The van der Waals surface area contributed by atoms with Crippen molar-refractivity contribution in [2.75, 3.05) is 18.4 Å². The summed E-state index contributed by atoms with van der Waals surface area (Å²) >= 11 is 0. The Kier molecular flexibility index (Phi) is 6.71. The summed E-state index contributed by atoms with van der Waals surface area (Å²) in [6.07, 6.45) is 8.87. The van der Waals surface area contributed by atoms with E-state index in [4.69, 9.17) is 0 Å². The Balaban J connectivity index is 1.03. The molecule has 5 rings (SSSR count). The van der Waals surface area contributed by atoms with Crippen LogP contribution in [0, 0.1) is 17.8 Å². The first-order valence-corrected chi connectivity index (χ1v) is 12.7. The van der Waals surface area contributed by atoms with Crippen LogP contribution in [0.15, 0.2) is 48.8 Å². The van der Waals surface area contributed by atoms with E-state index in [0.717, 1.165) is 20.0 Å². The fourth-order valence-electron chi connectivity index (χ4n) is 6.24. The number of likely N-dealkylation sites (tertiary alicyclic amines) is 1. The molecule has 2 aliphatic carbocycles. The highest BCUT2D eigenvalue weighted by Crippen LogP contribution is 2.54. The van der Waals surface area contributed by atoms with E-state index in [1.807, 2.05) is 12.4 Å². The number of pyridine rings is 1. The number of amides is 1. The van der Waals surface area contributed by atoms with Gasteiger partial charge in [-0.05, 0) is 73.3 Å². The lowest BCUT2D eigenvalue weighted by Crippen LogP contribution is -2.38. The highest BCUT2D eigenvalue weighted by Gasteiger charge is 2.59. The Morgan fingerprint density at radius 1 is 1.03 bits per heavy atom. The first-order chi connectivity index (χ1) is 16.8. The summed E-state index contributed by atoms with van der Waals surface area (Å²) < 4.78 is 27.0. The van der Waals surface area contributed by atoms with Crippen molar-refractivity contribution < 1.29 is 18.4 Å². The topological polar surface area (TPSA) is 62.3 Å². The van der Waals surface area contributed by atoms with Crippen LogP contribution in [0.1, 0.15) is 62.5 Å². The van der Waals surface area contributed by atoms with Crippen LogP contribution >= 0.6 is 0 Å². The number of halogens is 2. The molecule has 3 aliphatic rings. The summed E-state index contributed by atoms with van der Waals surface area (Å²) in [6.45, 7) is 2.82. The van der Waals surface area contributed by atoms with Gasteiger partial charge in [-0.2, -0.15) is 0 Å². The molecule has 35 heavy (non-hydrogen) atoms. The minimum absolute atomic E-state index is 0.0876. The Morgan fingerprint density at radius 3 is 2.37 bits per heavy atom. The van der Waals surface area contributed by atoms with Crippen molar-refractivity contribution in [1.29, 1.82) is 0 Å². The van der Waals surface area contributed by atoms with Crippen molar-refractivity contribution in [3.63, 3.8) is 0 Å². The molecule has 3 atom stereocenters. The molecule has 5 nitrogen and oxygen atoms in total. The number of benzene rings is 1. The number of ketones is 1. The first kappa shape index (κ1) is 24.0. The number of nitrogens with zero attached hydrogens (tertiary/aromatic N) is 2. The van der Waals surface area contributed by atoms with E-state index in [2.05, 4.69) is 27.3 Å². The van der Waals surface area contributed by atoms with Gasteiger partial charge in [-0.25, -0.2) is 8.78 Å². The molecular weight excluding hydrogens is 448 g/mol. The third-order valence-electron chi connectivity index (χ3n) is 8.24. The Hall–Kier alpha value is -2.67. The highest BCUT2D eigenvalue weighted by atomic mass is 19.3. The summed E-state index contributed by atoms with van der Waals surface area (Å²) in [5, 5.41) is 2.65. The number of hydrogen-bond acceptors (Lipinski definition) is 4. The van der Waals surface area contributed by atoms with Gasteiger partial charge in [-0.15, -0.1) is 0 Å². The molecule has 1 aliphatic heterocycles. The zero-order valence-corrected chi connectivity index (χ0v) is 20.1. The predicted octanol–water partition coefficient (Wildman–Crippen LogP) is 5.39. The van der Waals surface area contributed by atoms with Gasteiger partial charge in [-0.3, -0.25) is 19.5 Å². The van der Waals surface area contributed by atoms with Gasteiger partial charge in [0.2, 0.25) is 5.91 Å². The maximum Gasteiger partial charge on any atom is 0.270 e. The third-order valence-corrected chi connectivity index (χ3v) is 8.24. The lowest BCUT2D eigenvalue weighted by atomic mass is 9.81. The van der Waals surface area contributed by atoms with Gasteiger partial charge in [0.15, 0.2) is 0 Å². The summed E-state index contributed by atoms with van der Waals surface area (Å²) in [6, 6.07) is 10.6. The number of rotatable bonds is 8. The van der Waals surface area contributed by atoms with E-state index in [9.17, 15) is 18.4 Å². The fourth-order valence-corrected chi connectivity index (χ4v) is 6.24. The maximum absolute atomic E-state index is 13.5. The van der Waals surface area contributed by atoms with E-state index in [1.165, 1.54) is 49.4 Å². The van der Waals surface area contributed by atoms with Crippen LogP contribution in [-0.4, -0.2) is 40.7 Å². The number of nitrogens with one attached hydrogen (secondary N) is 1. The maximum atomic E-state index is 13.5. The quantitative estimate of drug-likeness (QED) is 0.550. The second-order valence-corrected chi connectivity index (χ2v) is 10.6. The van der Waals surface area contributed by atoms with Gasteiger partial charge < -0.3 is 5.32 Å². The van der Waals surface area contributed by atoms with Gasteiger partial charge in [0.1, 0.15) is 5.78 Å². The zero-order valence-electron chi connectivity index (χ0n) is 20.1. The standard InChI is InChI=1S/C28H33F2N3O2/c1-28(29,30)20-3-2-4-21(15-20)32-26(35)10-9-25(34)27-23-16-33(17-24(23)27)22-7-5-18(6-8-22)19-11-13-31-14-12-19/h2-4,11-15,18,22-24,27H,5-10,16-17H2,1H3,(H,32,35)/t18?,22?,23-,24+,27?. The van der Waals surface area contributed by atoms with Crippen LogP contribution in [0.3, 0.4) is 0 Å². The second-order valence-electron chi connectivity index (χ2n) is 10.6. The minimum atomic E-state index is -2.96. The van der Waals surface area contributed by atoms with E-state index in [-0.39, 0.29) is 36.0 Å². The van der Waals surface area contributed by atoms with Crippen LogP contribution in [-0.2, 0) is 15.5 Å². The molecule has 0 bridgehead atoms. The van der Waals surface area contributed by atoms with Gasteiger partial charge in [0, 0.05) is 68.5 Å². The number of anilines is 1. The number of hydrogen-bond donors (Lipinski definition) is 1. The molecule has 0 radical (unpaired) electrons. The van der Waals surface area contributed by atoms with Crippen LogP contribution in [0.5, 0.6) is 0 Å². The Morgan fingerprint density at radius 2 is 1.71 bits per heavy atom. The molecular formula is C28H33F2N3O2. The van der Waals surface area contributed by atoms with Gasteiger partial charge in [0.25, 0.3) is 5.92 Å². The van der Waals surface area contributed by atoms with Crippen molar-refractivity contribution in [1.82, 2.24) is 9.88 Å². The van der Waals surface area contributed by atoms with E-state index in [1.54, 1.807) is 6.07 Å². The van der Waals surface area contributed by atoms with Crippen molar-refractivity contribution in [2.45, 2.75) is 63.3 Å². The highest BCUT2D eigenvalue weighted by molar-refractivity contribution is 5.94. The lowest BCUT2D eigenvalue weighted by molar-refractivity contribution is -0.124. The summed E-state index contributed by atoms with van der Waals surface area (Å²) in [5.74, 6) is -1.51. The van der Waals surface area contributed by atoms with Gasteiger partial charge in [-0.1, -0.05) is 12.1 Å². The van der Waals surface area contributed by atoms with E-state index >= 15 is 0 Å². The number of fused-ring (bicyclic) bond motifs is 1. The second kappa shape index (κ2) is 9.76.